The van der Waals surface area contributed by atoms with E-state index in [-0.39, 0.29) is 5.97 Å². The van der Waals surface area contributed by atoms with Crippen molar-refractivity contribution in [1.29, 1.82) is 0 Å². The highest BCUT2D eigenvalue weighted by atomic mass is 16.5. The molecule has 3 nitrogen and oxygen atoms in total. The molecule has 0 saturated carbocycles. The quantitative estimate of drug-likeness (QED) is 0.355. The first-order valence-corrected chi connectivity index (χ1v) is 9.74. The molecule has 3 rings (SSSR count). The predicted octanol–water partition coefficient (Wildman–Crippen LogP) is 5.77. The van der Waals surface area contributed by atoms with Crippen LogP contribution in [0.25, 0.3) is 0 Å². The van der Waals surface area contributed by atoms with Gasteiger partial charge in [0.2, 0.25) is 0 Å². The van der Waals surface area contributed by atoms with Crippen LogP contribution in [0.4, 0.5) is 0 Å². The summed E-state index contributed by atoms with van der Waals surface area (Å²) in [5, 5.41) is 0. The second-order valence-corrected chi connectivity index (χ2v) is 7.21. The fraction of sp³-hybridized carbons (Fsp3) is 0.375. The predicted molar refractivity (Wildman–Crippen MR) is 108 cm³/mol. The van der Waals surface area contributed by atoms with Crippen LogP contribution in [0.2, 0.25) is 0 Å². The molecule has 0 amide bonds. The van der Waals surface area contributed by atoms with Crippen molar-refractivity contribution in [3.05, 3.63) is 77.4 Å². The van der Waals surface area contributed by atoms with E-state index in [1.807, 2.05) is 12.1 Å². The van der Waals surface area contributed by atoms with E-state index in [0.717, 1.165) is 12.8 Å². The summed E-state index contributed by atoms with van der Waals surface area (Å²) in [5.41, 5.74) is 3.48. The number of hydrogen-bond donors (Lipinski definition) is 0. The summed E-state index contributed by atoms with van der Waals surface area (Å²) in [4.78, 5) is 11.6. The van der Waals surface area contributed by atoms with Crippen LogP contribution < -0.4 is 4.74 Å². The van der Waals surface area contributed by atoms with E-state index in [2.05, 4.69) is 43.3 Å². The molecule has 2 atom stereocenters. The van der Waals surface area contributed by atoms with Gasteiger partial charge >= 0.3 is 5.97 Å². The number of methoxy groups -OCH3 is 1. The van der Waals surface area contributed by atoms with Gasteiger partial charge in [-0.05, 0) is 55.4 Å². The first-order valence-electron chi connectivity index (χ1n) is 9.74. The summed E-state index contributed by atoms with van der Waals surface area (Å²) < 4.78 is 10.6. The normalized spacial score (nSPS) is 19.3. The third kappa shape index (κ3) is 5.22. The highest BCUT2D eigenvalue weighted by Gasteiger charge is 2.20. The van der Waals surface area contributed by atoms with Crippen LogP contribution >= 0.6 is 0 Å². The van der Waals surface area contributed by atoms with Crippen LogP contribution in [0.1, 0.15) is 54.4 Å². The maximum atomic E-state index is 11.6. The van der Waals surface area contributed by atoms with Crippen LogP contribution in [0, 0.1) is 5.92 Å². The first-order chi connectivity index (χ1) is 13.2. The van der Waals surface area contributed by atoms with Gasteiger partial charge in [-0.25, -0.2) is 4.79 Å². The zero-order chi connectivity index (χ0) is 19.1. The molecular weight excluding hydrogens is 336 g/mol. The molecule has 0 spiro atoms. The lowest BCUT2D eigenvalue weighted by Crippen LogP contribution is -2.12. The number of carbonyl (C=O) groups excluding carboxylic acids is 1. The molecule has 3 heteroatoms. The Balaban J connectivity index is 1.53. The lowest BCUT2D eigenvalue weighted by atomic mass is 9.79. The fourth-order valence-electron chi connectivity index (χ4n) is 3.71. The van der Waals surface area contributed by atoms with Crippen molar-refractivity contribution in [2.45, 2.75) is 38.5 Å². The smallest absolute Gasteiger partial charge is 0.337 e. The SMILES string of the molecule is COC(=O)c1cccc(OCCCC2=CC(c3ccccc3)CCC2C)c1. The molecule has 142 valence electrons. The monoisotopic (exact) mass is 364 g/mol. The van der Waals surface area contributed by atoms with E-state index < -0.39 is 0 Å². The molecule has 0 fully saturated rings. The molecule has 0 N–H and O–H groups in total. The number of benzene rings is 2. The van der Waals surface area contributed by atoms with Gasteiger partial charge in [-0.15, -0.1) is 0 Å². The van der Waals surface area contributed by atoms with Crippen molar-refractivity contribution in [2.24, 2.45) is 5.92 Å². The summed E-state index contributed by atoms with van der Waals surface area (Å²) in [6, 6.07) is 17.9. The second kappa shape index (κ2) is 9.40. The van der Waals surface area contributed by atoms with Crippen molar-refractivity contribution >= 4 is 5.97 Å². The van der Waals surface area contributed by atoms with Gasteiger partial charge in [0, 0.05) is 5.92 Å². The Labute approximate surface area is 162 Å². The summed E-state index contributed by atoms with van der Waals surface area (Å²) in [7, 11) is 1.39. The molecule has 2 unspecified atom stereocenters. The van der Waals surface area contributed by atoms with Gasteiger partial charge < -0.3 is 9.47 Å². The Bertz CT molecular complexity index is 779. The van der Waals surface area contributed by atoms with Crippen molar-refractivity contribution in [1.82, 2.24) is 0 Å². The molecule has 1 aliphatic rings. The first kappa shape index (κ1) is 19.2. The topological polar surface area (TPSA) is 35.5 Å². The molecule has 0 heterocycles. The van der Waals surface area contributed by atoms with Gasteiger partial charge in [-0.1, -0.05) is 55.0 Å². The molecule has 0 radical (unpaired) electrons. The van der Waals surface area contributed by atoms with Crippen molar-refractivity contribution in [3.63, 3.8) is 0 Å². The van der Waals surface area contributed by atoms with Crippen molar-refractivity contribution in [3.8, 4) is 5.75 Å². The van der Waals surface area contributed by atoms with Gasteiger partial charge in [0.15, 0.2) is 0 Å². The van der Waals surface area contributed by atoms with Crippen LogP contribution in [0.5, 0.6) is 5.75 Å². The minimum atomic E-state index is -0.339. The molecule has 2 aromatic carbocycles. The highest BCUT2D eigenvalue weighted by molar-refractivity contribution is 5.89. The maximum absolute atomic E-state index is 11.6. The Morgan fingerprint density at radius 3 is 2.67 bits per heavy atom. The van der Waals surface area contributed by atoms with Gasteiger partial charge in [0.05, 0.1) is 19.3 Å². The molecule has 27 heavy (non-hydrogen) atoms. The average Bonchev–Trinajstić information content (AvgIpc) is 2.72. The summed E-state index contributed by atoms with van der Waals surface area (Å²) >= 11 is 0. The van der Waals surface area contributed by atoms with Gasteiger partial charge in [0.25, 0.3) is 0 Å². The molecular formula is C24H28O3. The lowest BCUT2D eigenvalue weighted by molar-refractivity contribution is 0.0600. The largest absolute Gasteiger partial charge is 0.494 e. The van der Waals surface area contributed by atoms with E-state index in [1.54, 1.807) is 17.7 Å². The summed E-state index contributed by atoms with van der Waals surface area (Å²) in [5.74, 6) is 1.56. The van der Waals surface area contributed by atoms with E-state index in [4.69, 9.17) is 9.47 Å². The molecule has 0 bridgehead atoms. The van der Waals surface area contributed by atoms with Crippen LogP contribution in [-0.4, -0.2) is 19.7 Å². The second-order valence-electron chi connectivity index (χ2n) is 7.21. The van der Waals surface area contributed by atoms with Crippen molar-refractivity contribution < 1.29 is 14.3 Å². The van der Waals surface area contributed by atoms with Crippen LogP contribution in [0.3, 0.4) is 0 Å². The molecule has 0 saturated heterocycles. The number of carbonyl (C=O) groups is 1. The van der Waals surface area contributed by atoms with E-state index in [9.17, 15) is 4.79 Å². The molecule has 0 aromatic heterocycles. The number of hydrogen-bond acceptors (Lipinski definition) is 3. The third-order valence-electron chi connectivity index (χ3n) is 5.32. The third-order valence-corrected chi connectivity index (χ3v) is 5.32. The Morgan fingerprint density at radius 2 is 1.89 bits per heavy atom. The van der Waals surface area contributed by atoms with Crippen molar-refractivity contribution in [2.75, 3.05) is 13.7 Å². The highest BCUT2D eigenvalue weighted by Crippen LogP contribution is 2.36. The van der Waals surface area contributed by atoms with E-state index in [0.29, 0.717) is 29.8 Å². The van der Waals surface area contributed by atoms with E-state index in [1.165, 1.54) is 25.5 Å². The Kier molecular flexibility index (Phi) is 6.69. The standard InChI is InChI=1S/C24H28O3/c1-18-13-14-21(19-8-4-3-5-9-19)16-20(18)11-7-15-27-23-12-6-10-22(17-23)24(25)26-2/h3-6,8-10,12,16-18,21H,7,11,13-15H2,1-2H3. The molecule has 2 aromatic rings. The summed E-state index contributed by atoms with van der Waals surface area (Å²) in [6.45, 7) is 2.97. The zero-order valence-corrected chi connectivity index (χ0v) is 16.2. The lowest BCUT2D eigenvalue weighted by Gasteiger charge is -2.27. The maximum Gasteiger partial charge on any atom is 0.337 e. The van der Waals surface area contributed by atoms with Gasteiger partial charge in [0.1, 0.15) is 5.75 Å². The van der Waals surface area contributed by atoms with Crippen LogP contribution in [0.15, 0.2) is 66.2 Å². The number of ether oxygens (including phenoxy) is 2. The number of esters is 1. The number of rotatable bonds is 7. The Hall–Kier alpha value is -2.55. The average molecular weight is 364 g/mol. The minimum absolute atomic E-state index is 0.339. The number of allylic oxidation sites excluding steroid dienone is 2. The van der Waals surface area contributed by atoms with Crippen LogP contribution in [-0.2, 0) is 4.74 Å². The summed E-state index contributed by atoms with van der Waals surface area (Å²) in [6.07, 6.45) is 6.97. The fourth-order valence-corrected chi connectivity index (χ4v) is 3.71. The van der Waals surface area contributed by atoms with Gasteiger partial charge in [-0.2, -0.15) is 0 Å². The zero-order valence-electron chi connectivity index (χ0n) is 16.2. The minimum Gasteiger partial charge on any atom is -0.494 e. The Morgan fingerprint density at radius 1 is 1.07 bits per heavy atom. The van der Waals surface area contributed by atoms with Gasteiger partial charge in [-0.3, -0.25) is 0 Å². The van der Waals surface area contributed by atoms with E-state index >= 15 is 0 Å². The molecule has 1 aliphatic carbocycles. The molecule has 0 aliphatic heterocycles.